The molecular weight excluding hydrogens is 424 g/mol. The van der Waals surface area contributed by atoms with Crippen molar-refractivity contribution >= 4 is 23.1 Å². The molecule has 5 nitrogen and oxygen atoms in total. The van der Waals surface area contributed by atoms with Crippen molar-refractivity contribution in [2.24, 2.45) is 5.41 Å². The number of hydrogen-bond acceptors (Lipinski definition) is 4. The Morgan fingerprint density at radius 3 is 2.38 bits per heavy atom. The maximum absolute atomic E-state index is 14.1. The van der Waals surface area contributed by atoms with Crippen molar-refractivity contribution in [3.05, 3.63) is 101 Å². The van der Waals surface area contributed by atoms with Crippen LogP contribution in [0.4, 0.5) is 11.4 Å². The fourth-order valence-corrected chi connectivity index (χ4v) is 5.12. The summed E-state index contributed by atoms with van der Waals surface area (Å²) < 4.78 is 5.72. The van der Waals surface area contributed by atoms with E-state index in [4.69, 9.17) is 4.74 Å². The topological polar surface area (TPSA) is 58.6 Å². The molecule has 3 aromatic carbocycles. The van der Waals surface area contributed by atoms with Crippen molar-refractivity contribution in [3.8, 4) is 5.75 Å². The standard InChI is InChI=1S/C29H28N2O3/c1-29(2)17-22-26(24(32)18-29)27(20-13-7-10-16-25(20)34-3)31(23-15-9-8-14-21(23)30-22)28(33)19-11-5-4-6-12-19/h4-16,27,30H,17-18H2,1-3H3/t27-/m1/s1. The molecular formula is C29H28N2O3. The highest BCUT2D eigenvalue weighted by molar-refractivity contribution is 6.12. The molecule has 5 rings (SSSR count). The molecule has 0 saturated carbocycles. The van der Waals surface area contributed by atoms with Crippen LogP contribution in [0.15, 0.2) is 90.1 Å². The van der Waals surface area contributed by atoms with Gasteiger partial charge in [-0.2, -0.15) is 0 Å². The summed E-state index contributed by atoms with van der Waals surface area (Å²) in [5, 5.41) is 3.55. The predicted octanol–water partition coefficient (Wildman–Crippen LogP) is 6.15. The quantitative estimate of drug-likeness (QED) is 0.518. The number of benzene rings is 3. The van der Waals surface area contributed by atoms with Crippen molar-refractivity contribution in [1.82, 2.24) is 0 Å². The van der Waals surface area contributed by atoms with Gasteiger partial charge >= 0.3 is 0 Å². The van der Waals surface area contributed by atoms with E-state index < -0.39 is 6.04 Å². The van der Waals surface area contributed by atoms with Gasteiger partial charge in [-0.15, -0.1) is 0 Å². The Balaban J connectivity index is 1.82. The molecule has 34 heavy (non-hydrogen) atoms. The second kappa shape index (κ2) is 8.49. The summed E-state index contributed by atoms with van der Waals surface area (Å²) in [6, 6.07) is 24.0. The Hall–Kier alpha value is -3.86. The minimum Gasteiger partial charge on any atom is -0.496 e. The maximum atomic E-state index is 14.1. The molecule has 0 saturated heterocycles. The lowest BCUT2D eigenvalue weighted by Gasteiger charge is -2.37. The average molecular weight is 453 g/mol. The van der Waals surface area contributed by atoms with Crippen LogP contribution in [0.2, 0.25) is 0 Å². The molecule has 3 aromatic rings. The summed E-state index contributed by atoms with van der Waals surface area (Å²) in [6.07, 6.45) is 1.13. The second-order valence-electron chi connectivity index (χ2n) is 9.66. The molecule has 1 N–H and O–H groups in total. The van der Waals surface area contributed by atoms with E-state index in [9.17, 15) is 9.59 Å². The van der Waals surface area contributed by atoms with E-state index >= 15 is 0 Å². The molecule has 1 amide bonds. The number of ether oxygens (including phenoxy) is 1. The van der Waals surface area contributed by atoms with Gasteiger partial charge in [0.05, 0.1) is 24.5 Å². The fraction of sp³-hybridized carbons (Fsp3) is 0.241. The summed E-state index contributed by atoms with van der Waals surface area (Å²) in [6.45, 7) is 4.22. The predicted molar refractivity (Wildman–Crippen MR) is 134 cm³/mol. The highest BCUT2D eigenvalue weighted by Gasteiger charge is 2.44. The van der Waals surface area contributed by atoms with E-state index in [1.54, 1.807) is 12.0 Å². The molecule has 0 unspecified atom stereocenters. The highest BCUT2D eigenvalue weighted by Crippen LogP contribution is 2.50. The third-order valence-corrected chi connectivity index (χ3v) is 6.57. The van der Waals surface area contributed by atoms with Crippen molar-refractivity contribution in [1.29, 1.82) is 0 Å². The number of allylic oxidation sites excluding steroid dienone is 1. The molecule has 1 aliphatic carbocycles. The van der Waals surface area contributed by atoms with Crippen molar-refractivity contribution in [3.63, 3.8) is 0 Å². The number of nitrogens with zero attached hydrogens (tertiary/aromatic N) is 1. The molecule has 0 bridgehead atoms. The first-order chi connectivity index (χ1) is 16.4. The van der Waals surface area contributed by atoms with Gasteiger partial charge in [-0.3, -0.25) is 14.5 Å². The number of carbonyl (C=O) groups is 2. The Bertz CT molecular complexity index is 1290. The Morgan fingerprint density at radius 1 is 0.941 bits per heavy atom. The number of Topliss-reactive ketones (excluding diaryl/α,β-unsaturated/α-hetero) is 1. The van der Waals surface area contributed by atoms with E-state index in [2.05, 4.69) is 19.2 Å². The van der Waals surface area contributed by atoms with Crippen molar-refractivity contribution < 1.29 is 14.3 Å². The normalized spacial score (nSPS) is 19.0. The monoisotopic (exact) mass is 452 g/mol. The molecule has 0 fully saturated rings. The van der Waals surface area contributed by atoms with E-state index in [1.807, 2.05) is 78.9 Å². The number of carbonyl (C=O) groups excluding carboxylic acids is 2. The zero-order valence-corrected chi connectivity index (χ0v) is 19.7. The molecule has 172 valence electrons. The van der Waals surface area contributed by atoms with Crippen LogP contribution in [-0.2, 0) is 4.79 Å². The van der Waals surface area contributed by atoms with E-state index in [0.29, 0.717) is 29.7 Å². The number of para-hydroxylation sites is 3. The average Bonchev–Trinajstić information content (AvgIpc) is 2.97. The van der Waals surface area contributed by atoms with Gasteiger partial charge in [-0.25, -0.2) is 0 Å². The smallest absolute Gasteiger partial charge is 0.259 e. The molecule has 1 atom stereocenters. The minimum absolute atomic E-state index is 0.0494. The number of amides is 1. The first kappa shape index (κ1) is 22.0. The largest absolute Gasteiger partial charge is 0.496 e. The molecule has 5 heteroatoms. The van der Waals surface area contributed by atoms with Crippen LogP contribution in [0.5, 0.6) is 5.75 Å². The van der Waals surface area contributed by atoms with Crippen LogP contribution in [0, 0.1) is 5.41 Å². The first-order valence-electron chi connectivity index (χ1n) is 11.5. The van der Waals surface area contributed by atoms with Crippen LogP contribution in [0.3, 0.4) is 0 Å². The van der Waals surface area contributed by atoms with Gasteiger partial charge in [-0.1, -0.05) is 62.4 Å². The van der Waals surface area contributed by atoms with Gasteiger partial charge in [0.15, 0.2) is 5.78 Å². The van der Waals surface area contributed by atoms with Gasteiger partial charge in [0.1, 0.15) is 5.75 Å². The lowest BCUT2D eigenvalue weighted by molar-refractivity contribution is -0.118. The zero-order valence-electron chi connectivity index (χ0n) is 19.7. The molecule has 0 radical (unpaired) electrons. The van der Waals surface area contributed by atoms with E-state index in [-0.39, 0.29) is 17.1 Å². The fourth-order valence-electron chi connectivity index (χ4n) is 5.12. The Labute approximate surface area is 200 Å². The van der Waals surface area contributed by atoms with Crippen LogP contribution < -0.4 is 15.0 Å². The number of hydrogen-bond donors (Lipinski definition) is 1. The van der Waals surface area contributed by atoms with Gasteiger partial charge in [0, 0.05) is 28.8 Å². The lowest BCUT2D eigenvalue weighted by atomic mass is 9.73. The number of anilines is 2. The molecule has 2 aliphatic rings. The maximum Gasteiger partial charge on any atom is 0.259 e. The highest BCUT2D eigenvalue weighted by atomic mass is 16.5. The van der Waals surface area contributed by atoms with Crippen molar-refractivity contribution in [2.45, 2.75) is 32.7 Å². The molecule has 0 aromatic heterocycles. The number of ketones is 1. The molecule has 0 spiro atoms. The van der Waals surface area contributed by atoms with Gasteiger partial charge < -0.3 is 10.1 Å². The summed E-state index contributed by atoms with van der Waals surface area (Å²) in [5.74, 6) is 0.521. The van der Waals surface area contributed by atoms with Crippen LogP contribution in [0.1, 0.15) is 48.7 Å². The second-order valence-corrected chi connectivity index (χ2v) is 9.66. The van der Waals surface area contributed by atoms with Crippen LogP contribution >= 0.6 is 0 Å². The Kier molecular flexibility index (Phi) is 5.48. The summed E-state index contributed by atoms with van der Waals surface area (Å²) in [5.41, 5.74) is 4.20. The summed E-state index contributed by atoms with van der Waals surface area (Å²) >= 11 is 0. The third-order valence-electron chi connectivity index (χ3n) is 6.57. The van der Waals surface area contributed by atoms with E-state index in [1.165, 1.54) is 0 Å². The number of methoxy groups -OCH3 is 1. The number of fused-ring (bicyclic) bond motifs is 1. The van der Waals surface area contributed by atoms with Gasteiger partial charge in [-0.05, 0) is 42.2 Å². The molecule has 1 heterocycles. The minimum atomic E-state index is -0.626. The first-order valence-corrected chi connectivity index (χ1v) is 11.5. The SMILES string of the molecule is COc1ccccc1[C@@H]1C2=C(CC(C)(C)CC2=O)Nc2ccccc2N1C(=O)c1ccccc1. The summed E-state index contributed by atoms with van der Waals surface area (Å²) in [7, 11) is 1.62. The lowest BCUT2D eigenvalue weighted by Crippen LogP contribution is -2.39. The van der Waals surface area contributed by atoms with Gasteiger partial charge in [0.2, 0.25) is 0 Å². The Morgan fingerprint density at radius 2 is 1.62 bits per heavy atom. The van der Waals surface area contributed by atoms with Gasteiger partial charge in [0.25, 0.3) is 5.91 Å². The van der Waals surface area contributed by atoms with Crippen molar-refractivity contribution in [2.75, 3.05) is 17.3 Å². The summed E-state index contributed by atoms with van der Waals surface area (Å²) in [4.78, 5) is 29.6. The number of nitrogens with one attached hydrogen (secondary N) is 1. The zero-order chi connectivity index (χ0) is 23.9. The third kappa shape index (κ3) is 3.77. The molecule has 1 aliphatic heterocycles. The van der Waals surface area contributed by atoms with Crippen LogP contribution in [0.25, 0.3) is 0 Å². The van der Waals surface area contributed by atoms with Crippen LogP contribution in [-0.4, -0.2) is 18.8 Å². The van der Waals surface area contributed by atoms with E-state index in [0.717, 1.165) is 22.6 Å². The number of rotatable bonds is 3.